The van der Waals surface area contributed by atoms with E-state index >= 15 is 0 Å². The molecule has 0 aliphatic rings. The number of benzene rings is 2. The highest BCUT2D eigenvalue weighted by Crippen LogP contribution is 2.13. The molecule has 0 fully saturated rings. The second kappa shape index (κ2) is 9.23. The quantitative estimate of drug-likeness (QED) is 0.620. The zero-order valence-corrected chi connectivity index (χ0v) is 14.2. The summed E-state index contributed by atoms with van der Waals surface area (Å²) in [6.07, 6.45) is 2.55. The third-order valence-electron chi connectivity index (χ3n) is 3.29. The molecule has 0 saturated carbocycles. The van der Waals surface area contributed by atoms with Gasteiger partial charge >= 0.3 is 11.9 Å². The van der Waals surface area contributed by atoms with Gasteiger partial charge in [-0.2, -0.15) is 0 Å². The van der Waals surface area contributed by atoms with Gasteiger partial charge < -0.3 is 14.8 Å². The average Bonchev–Trinajstić information content (AvgIpc) is 2.67. The van der Waals surface area contributed by atoms with Crippen LogP contribution in [0.1, 0.15) is 15.9 Å². The van der Waals surface area contributed by atoms with Crippen molar-refractivity contribution in [2.75, 3.05) is 19.0 Å². The summed E-state index contributed by atoms with van der Waals surface area (Å²) in [7, 11) is 1.27. The summed E-state index contributed by atoms with van der Waals surface area (Å²) < 4.78 is 35.2. The molecule has 0 spiro atoms. The first-order chi connectivity index (χ1) is 12.9. The predicted octanol–water partition coefficient (Wildman–Crippen LogP) is 2.95. The molecule has 140 valence electrons. The van der Waals surface area contributed by atoms with Crippen LogP contribution in [0.5, 0.6) is 0 Å². The highest BCUT2D eigenvalue weighted by molar-refractivity contribution is 5.94. The molecule has 0 bridgehead atoms. The van der Waals surface area contributed by atoms with Gasteiger partial charge in [0.05, 0.1) is 12.7 Å². The number of methoxy groups -OCH3 is 1. The Balaban J connectivity index is 1.82. The summed E-state index contributed by atoms with van der Waals surface area (Å²) in [4.78, 5) is 34.6. The number of carbonyl (C=O) groups excluding carboxylic acids is 3. The normalized spacial score (nSPS) is 10.5. The van der Waals surface area contributed by atoms with Crippen molar-refractivity contribution in [1.82, 2.24) is 0 Å². The summed E-state index contributed by atoms with van der Waals surface area (Å²) in [5, 5.41) is 2.27. The Bertz CT molecular complexity index is 878. The average molecular weight is 375 g/mol. The minimum atomic E-state index is -1.11. The molecule has 0 heterocycles. The SMILES string of the molecule is COC(=O)c1ccc(/C=C/C(=O)OCC(=O)Nc2ccc(F)c(F)c2)cc1. The van der Waals surface area contributed by atoms with Gasteiger partial charge in [-0.3, -0.25) is 4.79 Å². The molecule has 6 nitrogen and oxygen atoms in total. The van der Waals surface area contributed by atoms with E-state index < -0.39 is 36.1 Å². The van der Waals surface area contributed by atoms with Crippen molar-refractivity contribution in [1.29, 1.82) is 0 Å². The Hall–Kier alpha value is -3.55. The van der Waals surface area contributed by atoms with Crippen LogP contribution in [0.4, 0.5) is 14.5 Å². The first-order valence-corrected chi connectivity index (χ1v) is 7.67. The van der Waals surface area contributed by atoms with Crippen LogP contribution in [-0.2, 0) is 19.1 Å². The summed E-state index contributed by atoms with van der Waals surface area (Å²) in [6.45, 7) is -0.594. The molecule has 0 atom stereocenters. The Morgan fingerprint density at radius 1 is 1.04 bits per heavy atom. The van der Waals surface area contributed by atoms with E-state index in [1.54, 1.807) is 12.1 Å². The molecule has 0 saturated heterocycles. The number of halogens is 2. The topological polar surface area (TPSA) is 81.7 Å². The van der Waals surface area contributed by atoms with E-state index in [2.05, 4.69) is 10.1 Å². The first kappa shape index (κ1) is 19.8. The number of carbonyl (C=O) groups is 3. The van der Waals surface area contributed by atoms with E-state index in [9.17, 15) is 23.2 Å². The van der Waals surface area contributed by atoms with Crippen LogP contribution in [0.25, 0.3) is 6.08 Å². The van der Waals surface area contributed by atoms with Crippen LogP contribution in [0.15, 0.2) is 48.5 Å². The molecular formula is C19H15F2NO5. The molecule has 2 aromatic rings. The minimum Gasteiger partial charge on any atom is -0.465 e. The standard InChI is InChI=1S/C19H15F2NO5/c1-26-19(25)13-5-2-12(3-6-13)4-9-18(24)27-11-17(23)22-14-7-8-15(20)16(21)10-14/h2-10H,11H2,1H3,(H,22,23)/b9-4+. The molecule has 0 unspecified atom stereocenters. The van der Waals surface area contributed by atoms with Gasteiger partial charge in [-0.25, -0.2) is 18.4 Å². The van der Waals surface area contributed by atoms with E-state index in [-0.39, 0.29) is 5.69 Å². The lowest BCUT2D eigenvalue weighted by Crippen LogP contribution is -2.20. The number of hydrogen-bond acceptors (Lipinski definition) is 5. The molecule has 0 radical (unpaired) electrons. The molecule has 1 amide bonds. The van der Waals surface area contributed by atoms with Gasteiger partial charge in [-0.05, 0) is 35.9 Å². The third-order valence-corrected chi connectivity index (χ3v) is 3.29. The molecule has 0 aromatic heterocycles. The number of anilines is 1. The van der Waals surface area contributed by atoms with Crippen LogP contribution in [0.2, 0.25) is 0 Å². The molecule has 8 heteroatoms. The lowest BCUT2D eigenvalue weighted by Gasteiger charge is -2.05. The zero-order chi connectivity index (χ0) is 19.8. The predicted molar refractivity (Wildman–Crippen MR) is 92.8 cm³/mol. The van der Waals surface area contributed by atoms with Crippen LogP contribution >= 0.6 is 0 Å². The van der Waals surface area contributed by atoms with Gasteiger partial charge in [0.15, 0.2) is 18.2 Å². The maximum Gasteiger partial charge on any atom is 0.337 e. The molecule has 0 aliphatic carbocycles. The smallest absolute Gasteiger partial charge is 0.337 e. The highest BCUT2D eigenvalue weighted by atomic mass is 19.2. The van der Waals surface area contributed by atoms with Crippen molar-refractivity contribution in [3.63, 3.8) is 0 Å². The van der Waals surface area contributed by atoms with E-state index in [0.29, 0.717) is 11.1 Å². The van der Waals surface area contributed by atoms with Crippen molar-refractivity contribution in [2.45, 2.75) is 0 Å². The van der Waals surface area contributed by atoms with Crippen molar-refractivity contribution < 1.29 is 32.6 Å². The Morgan fingerprint density at radius 2 is 1.74 bits per heavy atom. The van der Waals surface area contributed by atoms with Gasteiger partial charge in [-0.15, -0.1) is 0 Å². The van der Waals surface area contributed by atoms with Crippen LogP contribution in [0.3, 0.4) is 0 Å². The number of hydrogen-bond donors (Lipinski definition) is 1. The fourth-order valence-corrected chi connectivity index (χ4v) is 1.97. The molecule has 27 heavy (non-hydrogen) atoms. The number of esters is 2. The number of rotatable bonds is 6. The molecular weight excluding hydrogens is 360 g/mol. The van der Waals surface area contributed by atoms with Gasteiger partial charge in [0.2, 0.25) is 0 Å². The van der Waals surface area contributed by atoms with Crippen LogP contribution in [-0.4, -0.2) is 31.6 Å². The van der Waals surface area contributed by atoms with E-state index in [1.807, 2.05) is 0 Å². The summed E-state index contributed by atoms with van der Waals surface area (Å²) >= 11 is 0. The number of amides is 1. The van der Waals surface area contributed by atoms with Gasteiger partial charge in [0, 0.05) is 17.8 Å². The second-order valence-electron chi connectivity index (χ2n) is 5.23. The number of ether oxygens (including phenoxy) is 2. The largest absolute Gasteiger partial charge is 0.465 e. The first-order valence-electron chi connectivity index (χ1n) is 7.67. The fourth-order valence-electron chi connectivity index (χ4n) is 1.97. The van der Waals surface area contributed by atoms with E-state index in [0.717, 1.165) is 18.2 Å². The lowest BCUT2D eigenvalue weighted by atomic mass is 10.1. The Labute approximate surface area is 153 Å². The van der Waals surface area contributed by atoms with Gasteiger partial charge in [0.25, 0.3) is 5.91 Å². The Morgan fingerprint density at radius 3 is 2.37 bits per heavy atom. The Kier molecular flexibility index (Phi) is 6.76. The highest BCUT2D eigenvalue weighted by Gasteiger charge is 2.08. The monoisotopic (exact) mass is 375 g/mol. The minimum absolute atomic E-state index is 0.0381. The summed E-state index contributed by atoms with van der Waals surface area (Å²) in [5.74, 6) is -4.09. The zero-order valence-electron chi connectivity index (χ0n) is 14.2. The molecule has 0 aliphatic heterocycles. The molecule has 1 N–H and O–H groups in total. The van der Waals surface area contributed by atoms with Gasteiger partial charge in [0.1, 0.15) is 0 Å². The maximum absolute atomic E-state index is 13.0. The van der Waals surface area contributed by atoms with Crippen LogP contribution < -0.4 is 5.32 Å². The van der Waals surface area contributed by atoms with Gasteiger partial charge in [-0.1, -0.05) is 12.1 Å². The van der Waals surface area contributed by atoms with Crippen molar-refractivity contribution in [3.8, 4) is 0 Å². The molecule has 2 rings (SSSR count). The molecule has 2 aromatic carbocycles. The number of nitrogens with one attached hydrogen (secondary N) is 1. The summed E-state index contributed by atoms with van der Waals surface area (Å²) in [6, 6.07) is 9.13. The third kappa shape index (κ3) is 6.03. The van der Waals surface area contributed by atoms with Crippen molar-refractivity contribution in [2.24, 2.45) is 0 Å². The fraction of sp³-hybridized carbons (Fsp3) is 0.105. The second-order valence-corrected chi connectivity index (χ2v) is 5.23. The van der Waals surface area contributed by atoms with E-state index in [4.69, 9.17) is 4.74 Å². The lowest BCUT2D eigenvalue weighted by molar-refractivity contribution is -0.142. The van der Waals surface area contributed by atoms with E-state index in [1.165, 1.54) is 31.4 Å². The van der Waals surface area contributed by atoms with Crippen LogP contribution in [0, 0.1) is 11.6 Å². The van der Waals surface area contributed by atoms with Crippen molar-refractivity contribution >= 4 is 29.6 Å². The van der Waals surface area contributed by atoms with Crippen molar-refractivity contribution in [3.05, 3.63) is 71.3 Å². The summed E-state index contributed by atoms with van der Waals surface area (Å²) in [5.41, 5.74) is 1.04. The maximum atomic E-state index is 13.0.